The van der Waals surface area contributed by atoms with Crippen LogP contribution in [0.15, 0.2) is 24.3 Å². The van der Waals surface area contributed by atoms with E-state index in [9.17, 15) is 4.79 Å². The zero-order chi connectivity index (χ0) is 13.5. The molecule has 19 heavy (non-hydrogen) atoms. The lowest BCUT2D eigenvalue weighted by atomic mass is 10.2. The van der Waals surface area contributed by atoms with E-state index in [1.165, 1.54) is 12.8 Å². The van der Waals surface area contributed by atoms with Gasteiger partial charge in [-0.3, -0.25) is 4.79 Å². The molecule has 4 nitrogen and oxygen atoms in total. The van der Waals surface area contributed by atoms with E-state index >= 15 is 0 Å². The number of rotatable bonds is 8. The molecule has 1 aliphatic carbocycles. The molecule has 0 heterocycles. The minimum absolute atomic E-state index is 0.0190. The molecule has 1 fully saturated rings. The van der Waals surface area contributed by atoms with Crippen LogP contribution in [0.3, 0.4) is 0 Å². The summed E-state index contributed by atoms with van der Waals surface area (Å²) in [5, 5.41) is 6.35. The molecule has 4 heteroatoms. The molecule has 1 aromatic rings. The highest BCUT2D eigenvalue weighted by Gasteiger charge is 2.19. The van der Waals surface area contributed by atoms with Crippen LogP contribution in [0.5, 0.6) is 5.75 Å². The highest BCUT2D eigenvalue weighted by molar-refractivity contribution is 5.94. The van der Waals surface area contributed by atoms with Gasteiger partial charge in [0.05, 0.1) is 6.61 Å². The quantitative estimate of drug-likeness (QED) is 0.704. The number of benzene rings is 1. The molecular formula is C15H22N2O2. The Balaban J connectivity index is 1.66. The van der Waals surface area contributed by atoms with Gasteiger partial charge in [0.25, 0.3) is 5.91 Å². The van der Waals surface area contributed by atoms with Crippen molar-refractivity contribution < 1.29 is 9.53 Å². The van der Waals surface area contributed by atoms with E-state index in [0.29, 0.717) is 18.7 Å². The van der Waals surface area contributed by atoms with E-state index in [1.54, 1.807) is 12.1 Å². The Bertz CT molecular complexity index is 399. The van der Waals surface area contributed by atoms with E-state index in [2.05, 4.69) is 10.6 Å². The SMILES string of the molecule is CCOc1ccc(C(=O)NCCCNC2CC2)cc1. The normalized spacial score (nSPS) is 14.2. The second kappa shape index (κ2) is 7.14. The van der Waals surface area contributed by atoms with Crippen LogP contribution >= 0.6 is 0 Å². The van der Waals surface area contributed by atoms with Crippen LogP contribution in [0, 0.1) is 0 Å². The molecule has 0 radical (unpaired) electrons. The van der Waals surface area contributed by atoms with E-state index in [4.69, 9.17) is 4.74 Å². The lowest BCUT2D eigenvalue weighted by Crippen LogP contribution is -2.27. The summed E-state index contributed by atoms with van der Waals surface area (Å²) in [7, 11) is 0. The summed E-state index contributed by atoms with van der Waals surface area (Å²) in [5.41, 5.74) is 0.679. The van der Waals surface area contributed by atoms with Crippen molar-refractivity contribution in [1.82, 2.24) is 10.6 Å². The first-order chi connectivity index (χ1) is 9.29. The van der Waals surface area contributed by atoms with Gasteiger partial charge in [-0.15, -0.1) is 0 Å². The number of carbonyl (C=O) groups is 1. The van der Waals surface area contributed by atoms with Crippen LogP contribution in [0.4, 0.5) is 0 Å². The van der Waals surface area contributed by atoms with E-state index in [-0.39, 0.29) is 5.91 Å². The van der Waals surface area contributed by atoms with Crippen molar-refractivity contribution in [2.24, 2.45) is 0 Å². The van der Waals surface area contributed by atoms with Gasteiger partial charge in [0, 0.05) is 18.2 Å². The molecule has 1 saturated carbocycles. The van der Waals surface area contributed by atoms with Gasteiger partial charge in [0.15, 0.2) is 0 Å². The fourth-order valence-electron chi connectivity index (χ4n) is 1.86. The second-order valence-electron chi connectivity index (χ2n) is 4.80. The molecular weight excluding hydrogens is 240 g/mol. The first-order valence-corrected chi connectivity index (χ1v) is 7.04. The molecule has 0 bridgehead atoms. The minimum Gasteiger partial charge on any atom is -0.494 e. The van der Waals surface area contributed by atoms with Gasteiger partial charge in [0.1, 0.15) is 5.75 Å². The van der Waals surface area contributed by atoms with Crippen molar-refractivity contribution in [2.45, 2.75) is 32.2 Å². The third-order valence-electron chi connectivity index (χ3n) is 3.08. The summed E-state index contributed by atoms with van der Waals surface area (Å²) in [5.74, 6) is 0.780. The fraction of sp³-hybridized carbons (Fsp3) is 0.533. The summed E-state index contributed by atoms with van der Waals surface area (Å²) in [6, 6.07) is 7.98. The number of nitrogens with one attached hydrogen (secondary N) is 2. The lowest BCUT2D eigenvalue weighted by Gasteiger charge is -2.07. The average Bonchev–Trinajstić information content (AvgIpc) is 3.23. The molecule has 0 unspecified atom stereocenters. The molecule has 0 saturated heterocycles. The molecule has 0 atom stereocenters. The average molecular weight is 262 g/mol. The van der Waals surface area contributed by atoms with Gasteiger partial charge < -0.3 is 15.4 Å². The maximum Gasteiger partial charge on any atom is 0.251 e. The van der Waals surface area contributed by atoms with E-state index in [0.717, 1.165) is 24.8 Å². The van der Waals surface area contributed by atoms with Gasteiger partial charge >= 0.3 is 0 Å². The molecule has 0 spiro atoms. The van der Waals surface area contributed by atoms with Crippen molar-refractivity contribution in [1.29, 1.82) is 0 Å². The molecule has 2 rings (SSSR count). The molecule has 2 N–H and O–H groups in total. The number of amides is 1. The monoisotopic (exact) mass is 262 g/mol. The topological polar surface area (TPSA) is 50.4 Å². The van der Waals surface area contributed by atoms with Crippen LogP contribution in [-0.4, -0.2) is 31.6 Å². The standard InChI is InChI=1S/C15H22N2O2/c1-2-19-14-8-4-12(5-9-14)15(18)17-11-3-10-16-13-6-7-13/h4-5,8-9,13,16H,2-3,6-7,10-11H2,1H3,(H,17,18). The van der Waals surface area contributed by atoms with Crippen LogP contribution in [-0.2, 0) is 0 Å². The number of ether oxygens (including phenoxy) is 1. The van der Waals surface area contributed by atoms with Crippen LogP contribution in [0.1, 0.15) is 36.5 Å². The third kappa shape index (κ3) is 4.91. The Hall–Kier alpha value is -1.55. The Labute approximate surface area is 114 Å². The van der Waals surface area contributed by atoms with Crippen molar-refractivity contribution >= 4 is 5.91 Å². The summed E-state index contributed by atoms with van der Waals surface area (Å²) in [6.45, 7) is 4.27. The van der Waals surface area contributed by atoms with Crippen LogP contribution < -0.4 is 15.4 Å². The van der Waals surface area contributed by atoms with Gasteiger partial charge in [-0.25, -0.2) is 0 Å². The summed E-state index contributed by atoms with van der Waals surface area (Å²) < 4.78 is 5.34. The Morgan fingerprint density at radius 3 is 2.63 bits per heavy atom. The third-order valence-corrected chi connectivity index (χ3v) is 3.08. The van der Waals surface area contributed by atoms with E-state index in [1.807, 2.05) is 19.1 Å². The minimum atomic E-state index is -0.0190. The molecule has 104 valence electrons. The van der Waals surface area contributed by atoms with Gasteiger partial charge in [-0.05, 0) is 57.0 Å². The highest BCUT2D eigenvalue weighted by Crippen LogP contribution is 2.18. The van der Waals surface area contributed by atoms with Crippen LogP contribution in [0.2, 0.25) is 0 Å². The Morgan fingerprint density at radius 2 is 2.00 bits per heavy atom. The Kier molecular flexibility index (Phi) is 5.21. The molecule has 1 aromatic carbocycles. The zero-order valence-corrected chi connectivity index (χ0v) is 11.4. The predicted octanol–water partition coefficient (Wildman–Crippen LogP) is 1.96. The maximum absolute atomic E-state index is 11.9. The van der Waals surface area contributed by atoms with Crippen molar-refractivity contribution in [3.63, 3.8) is 0 Å². The van der Waals surface area contributed by atoms with Gasteiger partial charge in [-0.1, -0.05) is 0 Å². The number of hydrogen-bond acceptors (Lipinski definition) is 3. The number of hydrogen-bond donors (Lipinski definition) is 2. The zero-order valence-electron chi connectivity index (χ0n) is 11.4. The van der Waals surface area contributed by atoms with Gasteiger partial charge in [0.2, 0.25) is 0 Å². The van der Waals surface area contributed by atoms with Crippen LogP contribution in [0.25, 0.3) is 0 Å². The summed E-state index contributed by atoms with van der Waals surface area (Å²) in [4.78, 5) is 11.9. The second-order valence-corrected chi connectivity index (χ2v) is 4.80. The largest absolute Gasteiger partial charge is 0.494 e. The van der Waals surface area contributed by atoms with Gasteiger partial charge in [-0.2, -0.15) is 0 Å². The Morgan fingerprint density at radius 1 is 1.26 bits per heavy atom. The number of carbonyl (C=O) groups excluding carboxylic acids is 1. The van der Waals surface area contributed by atoms with Crippen molar-refractivity contribution in [2.75, 3.05) is 19.7 Å². The molecule has 0 aliphatic heterocycles. The smallest absolute Gasteiger partial charge is 0.251 e. The van der Waals surface area contributed by atoms with Crippen molar-refractivity contribution in [3.8, 4) is 5.75 Å². The fourth-order valence-corrected chi connectivity index (χ4v) is 1.86. The highest BCUT2D eigenvalue weighted by atomic mass is 16.5. The van der Waals surface area contributed by atoms with Crippen molar-refractivity contribution in [3.05, 3.63) is 29.8 Å². The molecule has 1 aliphatic rings. The molecule has 1 amide bonds. The summed E-state index contributed by atoms with van der Waals surface area (Å²) >= 11 is 0. The molecule has 0 aromatic heterocycles. The maximum atomic E-state index is 11.9. The lowest BCUT2D eigenvalue weighted by molar-refractivity contribution is 0.0953. The predicted molar refractivity (Wildman–Crippen MR) is 75.6 cm³/mol. The summed E-state index contributed by atoms with van der Waals surface area (Å²) in [6.07, 6.45) is 3.58. The van der Waals surface area contributed by atoms with E-state index < -0.39 is 0 Å². The first-order valence-electron chi connectivity index (χ1n) is 7.04. The first kappa shape index (κ1) is 13.9.